The monoisotopic (exact) mass is 393 g/mol. The highest BCUT2D eigenvalue weighted by Gasteiger charge is 2.24. The molecule has 0 bridgehead atoms. The molecule has 1 aromatic heterocycles. The Morgan fingerprint density at radius 3 is 2.34 bits per heavy atom. The second kappa shape index (κ2) is 7.47. The lowest BCUT2D eigenvalue weighted by atomic mass is 10.1. The third kappa shape index (κ3) is 3.65. The van der Waals surface area contributed by atoms with Gasteiger partial charge >= 0.3 is 5.69 Å². The molecule has 0 atom stereocenters. The first-order valence-electron chi connectivity index (χ1n) is 8.49. The fourth-order valence-corrected chi connectivity index (χ4v) is 2.91. The van der Waals surface area contributed by atoms with Crippen LogP contribution in [0, 0.1) is 21.7 Å². The van der Waals surface area contributed by atoms with Gasteiger partial charge in [-0.1, -0.05) is 36.4 Å². The molecular weight excluding hydrogens is 380 g/mol. The molecule has 0 radical (unpaired) electrons. The van der Waals surface area contributed by atoms with Gasteiger partial charge in [0.25, 0.3) is 0 Å². The second-order valence-electron chi connectivity index (χ2n) is 6.08. The Labute approximate surface area is 163 Å². The van der Waals surface area contributed by atoms with Crippen molar-refractivity contribution >= 4 is 39.5 Å². The molecule has 3 aromatic carbocycles. The third-order valence-corrected chi connectivity index (χ3v) is 4.23. The molecule has 4 rings (SSSR count). The highest BCUT2D eigenvalue weighted by Crippen LogP contribution is 2.35. The Morgan fingerprint density at radius 2 is 1.59 bits per heavy atom. The predicted octanol–water partition coefficient (Wildman–Crippen LogP) is 5.30. The average molecular weight is 393 g/mol. The third-order valence-electron chi connectivity index (χ3n) is 4.23. The van der Waals surface area contributed by atoms with E-state index in [1.165, 1.54) is 6.07 Å². The predicted molar refractivity (Wildman–Crippen MR) is 106 cm³/mol. The quantitative estimate of drug-likeness (QED) is 0.353. The van der Waals surface area contributed by atoms with E-state index in [2.05, 4.69) is 20.6 Å². The summed E-state index contributed by atoms with van der Waals surface area (Å²) < 4.78 is 26.6. The number of rotatable bonds is 5. The van der Waals surface area contributed by atoms with Gasteiger partial charge in [0.2, 0.25) is 11.6 Å². The van der Waals surface area contributed by atoms with E-state index in [0.717, 1.165) is 29.2 Å². The Kier molecular flexibility index (Phi) is 4.70. The smallest absolute Gasteiger partial charge is 0.334 e. The van der Waals surface area contributed by atoms with Gasteiger partial charge in [-0.25, -0.2) is 18.7 Å². The standard InChI is InChI=1S/C20H13F2N5O2/c21-15-9-8-13(10-16(15)22)25-19-18(27(28)29)20(24-11-23-19)26-17-7-3-5-12-4-1-2-6-14(12)17/h1-11H,(H2,23,24,25,26). The molecule has 0 aliphatic carbocycles. The first-order chi connectivity index (χ1) is 14.0. The number of halogens is 2. The molecule has 0 unspecified atom stereocenters. The number of fused-ring (bicyclic) bond motifs is 1. The number of nitrogens with zero attached hydrogens (tertiary/aromatic N) is 3. The molecule has 0 aliphatic rings. The van der Waals surface area contributed by atoms with Crippen LogP contribution >= 0.6 is 0 Å². The summed E-state index contributed by atoms with van der Waals surface area (Å²) in [6, 6.07) is 16.1. The van der Waals surface area contributed by atoms with E-state index >= 15 is 0 Å². The van der Waals surface area contributed by atoms with Crippen molar-refractivity contribution in [1.82, 2.24) is 9.97 Å². The van der Waals surface area contributed by atoms with Crippen LogP contribution in [0.3, 0.4) is 0 Å². The Morgan fingerprint density at radius 1 is 0.862 bits per heavy atom. The molecule has 0 saturated heterocycles. The largest absolute Gasteiger partial charge is 0.353 e. The summed E-state index contributed by atoms with van der Waals surface area (Å²) in [6.45, 7) is 0. The first-order valence-corrected chi connectivity index (χ1v) is 8.49. The number of nitro groups is 1. The second-order valence-corrected chi connectivity index (χ2v) is 6.08. The minimum absolute atomic E-state index is 0.0357. The van der Waals surface area contributed by atoms with Crippen LogP contribution in [0.25, 0.3) is 10.8 Å². The molecule has 2 N–H and O–H groups in total. The van der Waals surface area contributed by atoms with Gasteiger partial charge < -0.3 is 10.6 Å². The van der Waals surface area contributed by atoms with Crippen LogP contribution in [0.4, 0.5) is 37.5 Å². The highest BCUT2D eigenvalue weighted by molar-refractivity contribution is 5.96. The molecule has 0 saturated carbocycles. The van der Waals surface area contributed by atoms with Crippen LogP contribution in [0.5, 0.6) is 0 Å². The molecule has 144 valence electrons. The number of hydrogen-bond acceptors (Lipinski definition) is 6. The van der Waals surface area contributed by atoms with Gasteiger partial charge in [-0.3, -0.25) is 10.1 Å². The summed E-state index contributed by atoms with van der Waals surface area (Å²) in [6.07, 6.45) is 1.14. The molecule has 0 spiro atoms. The number of anilines is 4. The Balaban J connectivity index is 1.75. The molecule has 4 aromatic rings. The van der Waals surface area contributed by atoms with Crippen molar-refractivity contribution < 1.29 is 13.7 Å². The molecule has 9 heteroatoms. The van der Waals surface area contributed by atoms with Gasteiger partial charge in [0, 0.05) is 22.8 Å². The summed E-state index contributed by atoms with van der Waals surface area (Å²) in [5, 5.41) is 19.2. The van der Waals surface area contributed by atoms with Crippen LogP contribution in [-0.4, -0.2) is 14.9 Å². The maximum Gasteiger partial charge on any atom is 0.353 e. The summed E-state index contributed by atoms with van der Waals surface area (Å²) in [4.78, 5) is 19.0. The van der Waals surface area contributed by atoms with Crippen molar-refractivity contribution in [2.24, 2.45) is 0 Å². The van der Waals surface area contributed by atoms with Gasteiger partial charge in [-0.2, -0.15) is 0 Å². The number of benzene rings is 3. The topological polar surface area (TPSA) is 93.0 Å². The van der Waals surface area contributed by atoms with E-state index in [0.29, 0.717) is 5.69 Å². The van der Waals surface area contributed by atoms with Gasteiger partial charge in [0.1, 0.15) is 6.33 Å². The molecule has 0 aliphatic heterocycles. The molecule has 29 heavy (non-hydrogen) atoms. The Bertz CT molecular complexity index is 1230. The fourth-order valence-electron chi connectivity index (χ4n) is 2.91. The highest BCUT2D eigenvalue weighted by atomic mass is 19.2. The normalized spacial score (nSPS) is 10.7. The van der Waals surface area contributed by atoms with Crippen LogP contribution < -0.4 is 10.6 Å². The number of nitrogens with one attached hydrogen (secondary N) is 2. The maximum atomic E-state index is 13.5. The number of hydrogen-bond donors (Lipinski definition) is 2. The van der Waals surface area contributed by atoms with E-state index < -0.39 is 22.2 Å². The Hall–Kier alpha value is -4.14. The van der Waals surface area contributed by atoms with Crippen molar-refractivity contribution in [3.05, 3.63) is 88.7 Å². The van der Waals surface area contributed by atoms with Crippen LogP contribution in [-0.2, 0) is 0 Å². The van der Waals surface area contributed by atoms with E-state index in [1.54, 1.807) is 6.07 Å². The lowest BCUT2D eigenvalue weighted by Gasteiger charge is -2.12. The zero-order valence-electron chi connectivity index (χ0n) is 14.8. The van der Waals surface area contributed by atoms with Crippen molar-refractivity contribution in [2.45, 2.75) is 0 Å². The summed E-state index contributed by atoms with van der Waals surface area (Å²) >= 11 is 0. The molecule has 7 nitrogen and oxygen atoms in total. The van der Waals surface area contributed by atoms with E-state index in [1.807, 2.05) is 36.4 Å². The van der Waals surface area contributed by atoms with E-state index in [9.17, 15) is 18.9 Å². The lowest BCUT2D eigenvalue weighted by molar-refractivity contribution is -0.383. The van der Waals surface area contributed by atoms with Crippen molar-refractivity contribution in [3.63, 3.8) is 0 Å². The summed E-state index contributed by atoms with van der Waals surface area (Å²) in [7, 11) is 0. The van der Waals surface area contributed by atoms with Crippen molar-refractivity contribution in [2.75, 3.05) is 10.6 Å². The maximum absolute atomic E-state index is 13.5. The van der Waals surface area contributed by atoms with Crippen LogP contribution in [0.15, 0.2) is 67.0 Å². The minimum atomic E-state index is -1.08. The number of aromatic nitrogens is 2. The van der Waals surface area contributed by atoms with Gasteiger partial charge in [-0.05, 0) is 23.6 Å². The lowest BCUT2D eigenvalue weighted by Crippen LogP contribution is -2.06. The van der Waals surface area contributed by atoms with Crippen molar-refractivity contribution in [3.8, 4) is 0 Å². The van der Waals surface area contributed by atoms with Gasteiger partial charge in [-0.15, -0.1) is 0 Å². The zero-order chi connectivity index (χ0) is 20.4. The molecule has 1 heterocycles. The fraction of sp³-hybridized carbons (Fsp3) is 0. The summed E-state index contributed by atoms with van der Waals surface area (Å²) in [5.74, 6) is -2.29. The van der Waals surface area contributed by atoms with Crippen LogP contribution in [0.2, 0.25) is 0 Å². The van der Waals surface area contributed by atoms with Gasteiger partial charge in [0.15, 0.2) is 11.6 Å². The first kappa shape index (κ1) is 18.2. The van der Waals surface area contributed by atoms with Crippen molar-refractivity contribution in [1.29, 1.82) is 0 Å². The minimum Gasteiger partial charge on any atom is -0.334 e. The zero-order valence-corrected chi connectivity index (χ0v) is 14.8. The van der Waals surface area contributed by atoms with E-state index in [-0.39, 0.29) is 17.3 Å². The molecule has 0 fully saturated rings. The molecule has 0 amide bonds. The average Bonchev–Trinajstić information content (AvgIpc) is 2.71. The molecular formula is C20H13F2N5O2. The SMILES string of the molecule is O=[N+]([O-])c1c(Nc2ccc(F)c(F)c2)ncnc1Nc1cccc2ccccc12. The van der Waals surface area contributed by atoms with E-state index in [4.69, 9.17) is 0 Å². The summed E-state index contributed by atoms with van der Waals surface area (Å²) in [5.41, 5.74) is 0.315. The van der Waals surface area contributed by atoms with Crippen LogP contribution in [0.1, 0.15) is 0 Å². The van der Waals surface area contributed by atoms with Gasteiger partial charge in [0.05, 0.1) is 4.92 Å².